The molecule has 3 heterocycles. The zero-order valence-corrected chi connectivity index (χ0v) is 14.3. The fourth-order valence-corrected chi connectivity index (χ4v) is 2.71. The maximum absolute atomic E-state index is 5.18. The molecule has 0 saturated heterocycles. The van der Waals surface area contributed by atoms with Crippen LogP contribution in [0.2, 0.25) is 0 Å². The first-order valence-electron chi connectivity index (χ1n) is 8.22. The molecule has 0 N–H and O–H groups in total. The predicted octanol–water partition coefficient (Wildman–Crippen LogP) is 3.46. The maximum atomic E-state index is 5.18. The van der Waals surface area contributed by atoms with Gasteiger partial charge in [-0.05, 0) is 24.3 Å². The number of nitrogens with zero attached hydrogens (tertiary/aromatic N) is 5. The highest BCUT2D eigenvalue weighted by Gasteiger charge is 2.07. The van der Waals surface area contributed by atoms with Gasteiger partial charge in [0.15, 0.2) is 0 Å². The van der Waals surface area contributed by atoms with Crippen molar-refractivity contribution in [1.29, 1.82) is 0 Å². The van der Waals surface area contributed by atoms with E-state index in [1.807, 2.05) is 59.4 Å². The monoisotopic (exact) mass is 343 g/mol. The van der Waals surface area contributed by atoms with Gasteiger partial charge in [-0.2, -0.15) is 5.10 Å². The van der Waals surface area contributed by atoms with Gasteiger partial charge in [0.2, 0.25) is 5.88 Å². The lowest BCUT2D eigenvalue weighted by Gasteiger charge is -2.05. The van der Waals surface area contributed by atoms with E-state index in [9.17, 15) is 0 Å². The van der Waals surface area contributed by atoms with Crippen LogP contribution in [-0.2, 0) is 6.54 Å². The van der Waals surface area contributed by atoms with Crippen molar-refractivity contribution in [2.75, 3.05) is 7.11 Å². The Kier molecular flexibility index (Phi) is 4.38. The van der Waals surface area contributed by atoms with Crippen molar-refractivity contribution >= 4 is 0 Å². The Hall–Kier alpha value is -3.54. The topological polar surface area (TPSA) is 65.7 Å². The molecular weight excluding hydrogens is 326 g/mol. The summed E-state index contributed by atoms with van der Waals surface area (Å²) in [5.41, 5.74) is 4.71. The van der Waals surface area contributed by atoms with Crippen LogP contribution in [0.5, 0.6) is 5.88 Å². The quantitative estimate of drug-likeness (QED) is 0.555. The standard InChI is InChI=1S/C20H17N5O/c1-26-20-12-19(22-14-23-20)16-6-4-5-15(11-16)18-8-10-25(24-18)13-17-7-2-3-9-21-17/h2-12,14H,13H2,1H3. The fourth-order valence-electron chi connectivity index (χ4n) is 2.71. The summed E-state index contributed by atoms with van der Waals surface area (Å²) >= 11 is 0. The second kappa shape index (κ2) is 7.14. The molecule has 0 fully saturated rings. The van der Waals surface area contributed by atoms with E-state index in [1.54, 1.807) is 13.3 Å². The SMILES string of the molecule is COc1cc(-c2cccc(-c3ccn(Cc4ccccn4)n3)c2)ncn1. The van der Waals surface area contributed by atoms with Gasteiger partial charge in [-0.1, -0.05) is 24.3 Å². The minimum atomic E-state index is 0.542. The molecule has 0 spiro atoms. The molecule has 0 saturated carbocycles. The molecule has 3 aromatic heterocycles. The molecule has 0 radical (unpaired) electrons. The molecule has 0 unspecified atom stereocenters. The minimum Gasteiger partial charge on any atom is -0.481 e. The fraction of sp³-hybridized carbons (Fsp3) is 0.100. The first-order chi connectivity index (χ1) is 12.8. The summed E-state index contributed by atoms with van der Waals surface area (Å²) in [5, 5.41) is 4.66. The molecule has 6 nitrogen and oxygen atoms in total. The van der Waals surface area contributed by atoms with Crippen LogP contribution < -0.4 is 4.74 Å². The van der Waals surface area contributed by atoms with Crippen LogP contribution in [0, 0.1) is 0 Å². The first kappa shape index (κ1) is 16.0. The van der Waals surface area contributed by atoms with Crippen LogP contribution >= 0.6 is 0 Å². The number of aromatic nitrogens is 5. The summed E-state index contributed by atoms with van der Waals surface area (Å²) in [6, 6.07) is 17.8. The highest BCUT2D eigenvalue weighted by atomic mass is 16.5. The van der Waals surface area contributed by atoms with Gasteiger partial charge in [0.05, 0.1) is 30.7 Å². The Bertz CT molecular complexity index is 1010. The van der Waals surface area contributed by atoms with Crippen molar-refractivity contribution in [3.05, 3.63) is 79.0 Å². The van der Waals surface area contributed by atoms with E-state index in [4.69, 9.17) is 4.74 Å². The number of ether oxygens (including phenoxy) is 1. The van der Waals surface area contributed by atoms with Gasteiger partial charge < -0.3 is 4.74 Å². The van der Waals surface area contributed by atoms with Gasteiger partial charge >= 0.3 is 0 Å². The highest BCUT2D eigenvalue weighted by molar-refractivity contribution is 5.69. The van der Waals surface area contributed by atoms with Crippen LogP contribution in [0.1, 0.15) is 5.69 Å². The molecule has 0 aliphatic rings. The van der Waals surface area contributed by atoms with Crippen molar-refractivity contribution in [2.24, 2.45) is 0 Å². The van der Waals surface area contributed by atoms with Crippen LogP contribution in [0.15, 0.2) is 73.3 Å². The molecule has 0 bridgehead atoms. The van der Waals surface area contributed by atoms with E-state index in [0.717, 1.165) is 28.2 Å². The summed E-state index contributed by atoms with van der Waals surface area (Å²) in [6.07, 6.45) is 5.26. The number of hydrogen-bond acceptors (Lipinski definition) is 5. The molecule has 0 aliphatic carbocycles. The Morgan fingerprint density at radius 1 is 0.885 bits per heavy atom. The van der Waals surface area contributed by atoms with E-state index in [-0.39, 0.29) is 0 Å². The third-order valence-corrected chi connectivity index (χ3v) is 4.00. The molecule has 1 aromatic carbocycles. The molecule has 26 heavy (non-hydrogen) atoms. The van der Waals surface area contributed by atoms with E-state index < -0.39 is 0 Å². The van der Waals surface area contributed by atoms with Gasteiger partial charge in [0.1, 0.15) is 6.33 Å². The average molecular weight is 343 g/mol. The van der Waals surface area contributed by atoms with Gasteiger partial charge in [-0.25, -0.2) is 9.97 Å². The highest BCUT2D eigenvalue weighted by Crippen LogP contribution is 2.25. The molecule has 0 aliphatic heterocycles. The second-order valence-corrected chi connectivity index (χ2v) is 5.75. The molecule has 4 aromatic rings. The Morgan fingerprint density at radius 3 is 2.58 bits per heavy atom. The largest absolute Gasteiger partial charge is 0.481 e. The lowest BCUT2D eigenvalue weighted by molar-refractivity contribution is 0.397. The van der Waals surface area contributed by atoms with Gasteiger partial charge in [-0.3, -0.25) is 9.67 Å². The van der Waals surface area contributed by atoms with Crippen molar-refractivity contribution in [3.8, 4) is 28.4 Å². The Balaban J connectivity index is 1.61. The summed E-state index contributed by atoms with van der Waals surface area (Å²) in [6.45, 7) is 0.642. The smallest absolute Gasteiger partial charge is 0.216 e. The Morgan fingerprint density at radius 2 is 1.77 bits per heavy atom. The lowest BCUT2D eigenvalue weighted by Crippen LogP contribution is -2.01. The molecule has 6 heteroatoms. The van der Waals surface area contributed by atoms with Crippen LogP contribution in [-0.4, -0.2) is 31.8 Å². The predicted molar refractivity (Wildman–Crippen MR) is 98.6 cm³/mol. The van der Waals surface area contributed by atoms with Crippen LogP contribution in [0.4, 0.5) is 0 Å². The maximum Gasteiger partial charge on any atom is 0.216 e. The molecule has 4 rings (SSSR count). The van der Waals surface area contributed by atoms with Crippen molar-refractivity contribution < 1.29 is 4.74 Å². The summed E-state index contributed by atoms with van der Waals surface area (Å²) in [5.74, 6) is 0.542. The van der Waals surface area contributed by atoms with Crippen LogP contribution in [0.25, 0.3) is 22.5 Å². The molecule has 128 valence electrons. The average Bonchev–Trinajstić information content (AvgIpc) is 3.17. The summed E-state index contributed by atoms with van der Waals surface area (Å²) in [4.78, 5) is 12.7. The second-order valence-electron chi connectivity index (χ2n) is 5.75. The number of benzene rings is 1. The van der Waals surface area contributed by atoms with E-state index in [1.165, 1.54) is 6.33 Å². The number of hydrogen-bond donors (Lipinski definition) is 0. The molecule has 0 amide bonds. The zero-order valence-electron chi connectivity index (χ0n) is 14.3. The van der Waals surface area contributed by atoms with Crippen molar-refractivity contribution in [3.63, 3.8) is 0 Å². The normalized spacial score (nSPS) is 10.7. The van der Waals surface area contributed by atoms with E-state index in [2.05, 4.69) is 26.1 Å². The van der Waals surface area contributed by atoms with Gasteiger partial charge in [-0.15, -0.1) is 0 Å². The van der Waals surface area contributed by atoms with Gasteiger partial charge in [0.25, 0.3) is 0 Å². The number of pyridine rings is 1. The third kappa shape index (κ3) is 3.44. The van der Waals surface area contributed by atoms with E-state index in [0.29, 0.717) is 12.4 Å². The summed E-state index contributed by atoms with van der Waals surface area (Å²) in [7, 11) is 1.59. The third-order valence-electron chi connectivity index (χ3n) is 4.00. The van der Waals surface area contributed by atoms with E-state index >= 15 is 0 Å². The number of methoxy groups -OCH3 is 1. The summed E-state index contributed by atoms with van der Waals surface area (Å²) < 4.78 is 7.07. The zero-order chi connectivity index (χ0) is 17.8. The lowest BCUT2D eigenvalue weighted by atomic mass is 10.1. The van der Waals surface area contributed by atoms with Crippen LogP contribution in [0.3, 0.4) is 0 Å². The molecule has 0 atom stereocenters. The van der Waals surface area contributed by atoms with Gasteiger partial charge in [0, 0.05) is 29.6 Å². The minimum absolute atomic E-state index is 0.542. The molecular formula is C20H17N5O. The first-order valence-corrected chi connectivity index (χ1v) is 8.22. The van der Waals surface area contributed by atoms with Crippen molar-refractivity contribution in [2.45, 2.75) is 6.54 Å². The Labute approximate surface area is 151 Å². The number of rotatable bonds is 5. The van der Waals surface area contributed by atoms with Crippen molar-refractivity contribution in [1.82, 2.24) is 24.7 Å².